The van der Waals surface area contributed by atoms with Gasteiger partial charge in [-0.2, -0.15) is 0 Å². The summed E-state index contributed by atoms with van der Waals surface area (Å²) in [6.45, 7) is 6.83. The van der Waals surface area contributed by atoms with E-state index in [-0.39, 0.29) is 0 Å². The van der Waals surface area contributed by atoms with Crippen molar-refractivity contribution in [2.24, 2.45) is 0 Å². The van der Waals surface area contributed by atoms with Gasteiger partial charge in [-0.3, -0.25) is 0 Å². The molecule has 3 heteroatoms. The first-order valence-corrected chi connectivity index (χ1v) is 15.1. The number of rotatable bonds is 5. The molecule has 0 amide bonds. The second-order valence-electron chi connectivity index (χ2n) is 10.00. The summed E-state index contributed by atoms with van der Waals surface area (Å²) in [6.07, 6.45) is 9.42. The molecular formula is C31H33N2Si+. The fourth-order valence-corrected chi connectivity index (χ4v) is 8.17. The Balaban J connectivity index is 1.47. The highest BCUT2D eigenvalue weighted by Gasteiger charge is 2.37. The summed E-state index contributed by atoms with van der Waals surface area (Å²) in [4.78, 5) is 2.36. The fraction of sp³-hybridized carbons (Fsp3) is 0.194. The van der Waals surface area contributed by atoms with Crippen molar-refractivity contribution in [3.05, 3.63) is 125 Å². The zero-order valence-electron chi connectivity index (χ0n) is 20.6. The van der Waals surface area contributed by atoms with Crippen LogP contribution in [0.15, 0.2) is 108 Å². The smallest absolute Gasteiger partial charge is 0.199 e. The number of allylic oxidation sites excluding steroid dienone is 5. The molecule has 0 saturated carbocycles. The lowest BCUT2D eigenvalue weighted by atomic mass is 10.0. The molecule has 2 nitrogen and oxygen atoms in total. The van der Waals surface area contributed by atoms with Crippen LogP contribution >= 0.6 is 0 Å². The molecule has 0 bridgehead atoms. The summed E-state index contributed by atoms with van der Waals surface area (Å²) in [7, 11) is 2.53. The minimum Gasteiger partial charge on any atom is -0.370 e. The van der Waals surface area contributed by atoms with E-state index in [0.717, 1.165) is 13.1 Å². The SMILES string of the molecule is CN(Cc1ccccc1)c1ccc2c(c1)[Si](C)(C)C1=CC(=[N+](C)Cc3ccccc3)C=CC1=C2. The average Bonchev–Trinajstić information content (AvgIpc) is 2.85. The first-order valence-electron chi connectivity index (χ1n) is 12.1. The van der Waals surface area contributed by atoms with Gasteiger partial charge in [-0.05, 0) is 51.4 Å². The fourth-order valence-electron chi connectivity index (χ4n) is 5.11. The molecular weight excluding hydrogens is 428 g/mol. The molecule has 0 fully saturated rings. The van der Waals surface area contributed by atoms with Crippen LogP contribution in [0, 0.1) is 0 Å². The number of benzene rings is 3. The summed E-state index contributed by atoms with van der Waals surface area (Å²) in [6, 6.07) is 28.5. The van der Waals surface area contributed by atoms with Crippen LogP contribution in [-0.4, -0.2) is 32.5 Å². The molecule has 170 valence electrons. The molecule has 0 spiro atoms. The third-order valence-corrected chi connectivity index (χ3v) is 10.7. The minimum atomic E-state index is -1.85. The van der Waals surface area contributed by atoms with Crippen molar-refractivity contribution in [1.82, 2.24) is 0 Å². The van der Waals surface area contributed by atoms with Crippen molar-refractivity contribution < 1.29 is 4.58 Å². The Bertz CT molecular complexity index is 1330. The van der Waals surface area contributed by atoms with Crippen molar-refractivity contribution in [3.8, 4) is 0 Å². The first kappa shape index (κ1) is 22.4. The van der Waals surface area contributed by atoms with E-state index in [1.807, 2.05) is 0 Å². The molecule has 0 saturated heterocycles. The normalized spacial score (nSPS) is 17.3. The van der Waals surface area contributed by atoms with Crippen LogP contribution in [0.5, 0.6) is 0 Å². The van der Waals surface area contributed by atoms with Gasteiger partial charge < -0.3 is 4.90 Å². The molecule has 0 unspecified atom stereocenters. The van der Waals surface area contributed by atoms with Gasteiger partial charge in [0, 0.05) is 37.0 Å². The first-order chi connectivity index (χ1) is 16.4. The standard InChI is InChI=1S/C31H33N2Si/c1-32(22-24-11-7-5-8-12-24)28-17-15-26-19-27-16-18-29(21-31(27)34(3,4)30(26)20-28)33(2)23-25-13-9-6-10-14-25/h5-21H,22-23H2,1-4H3/q+1. The molecule has 0 N–H and O–H groups in total. The molecule has 1 heterocycles. The van der Waals surface area contributed by atoms with E-state index >= 15 is 0 Å². The van der Waals surface area contributed by atoms with Crippen LogP contribution in [0.1, 0.15) is 16.7 Å². The Labute approximate surface area is 204 Å². The number of hydrogen-bond acceptors (Lipinski definition) is 1. The third-order valence-electron chi connectivity index (χ3n) is 7.14. The predicted molar refractivity (Wildman–Crippen MR) is 149 cm³/mol. The van der Waals surface area contributed by atoms with Gasteiger partial charge in [-0.1, -0.05) is 79.8 Å². The Morgan fingerprint density at radius 2 is 1.47 bits per heavy atom. The monoisotopic (exact) mass is 461 g/mol. The Morgan fingerprint density at radius 3 is 2.18 bits per heavy atom. The van der Waals surface area contributed by atoms with Crippen LogP contribution in [0.3, 0.4) is 0 Å². The van der Waals surface area contributed by atoms with Crippen LogP contribution < -0.4 is 10.1 Å². The molecule has 1 aliphatic heterocycles. The number of anilines is 1. The highest BCUT2D eigenvalue weighted by molar-refractivity contribution is 6.97. The molecule has 0 aromatic heterocycles. The van der Waals surface area contributed by atoms with Gasteiger partial charge in [-0.15, -0.1) is 0 Å². The maximum atomic E-state index is 2.50. The van der Waals surface area contributed by atoms with Gasteiger partial charge in [0.2, 0.25) is 0 Å². The molecule has 2 aliphatic rings. The average molecular weight is 462 g/mol. The highest BCUT2D eigenvalue weighted by atomic mass is 28.3. The minimum absolute atomic E-state index is 0.913. The number of hydrogen-bond donors (Lipinski definition) is 0. The van der Waals surface area contributed by atoms with Crippen molar-refractivity contribution in [2.75, 3.05) is 19.0 Å². The van der Waals surface area contributed by atoms with Crippen molar-refractivity contribution in [1.29, 1.82) is 0 Å². The molecule has 0 radical (unpaired) electrons. The zero-order chi connectivity index (χ0) is 23.7. The van der Waals surface area contributed by atoms with E-state index in [4.69, 9.17) is 0 Å². The van der Waals surface area contributed by atoms with Crippen molar-refractivity contribution in [2.45, 2.75) is 26.2 Å². The van der Waals surface area contributed by atoms with E-state index < -0.39 is 8.07 Å². The molecule has 1 aliphatic carbocycles. The highest BCUT2D eigenvalue weighted by Crippen LogP contribution is 2.34. The molecule has 5 rings (SSSR count). The van der Waals surface area contributed by atoms with Gasteiger partial charge in [-0.25, -0.2) is 4.58 Å². The van der Waals surface area contributed by atoms with E-state index in [1.165, 1.54) is 44.0 Å². The lowest BCUT2D eigenvalue weighted by Gasteiger charge is -2.35. The number of fused-ring (bicyclic) bond motifs is 2. The quantitative estimate of drug-likeness (QED) is 0.336. The Morgan fingerprint density at radius 1 is 0.794 bits per heavy atom. The predicted octanol–water partition coefficient (Wildman–Crippen LogP) is 5.95. The summed E-state index contributed by atoms with van der Waals surface area (Å²) in [5.74, 6) is 0. The summed E-state index contributed by atoms with van der Waals surface area (Å²) >= 11 is 0. The maximum Gasteiger partial charge on any atom is 0.199 e. The van der Waals surface area contributed by atoms with Crippen LogP contribution in [0.2, 0.25) is 13.1 Å². The molecule has 3 aromatic carbocycles. The van der Waals surface area contributed by atoms with Gasteiger partial charge in [0.15, 0.2) is 12.3 Å². The molecule has 0 atom stereocenters. The number of nitrogens with zero attached hydrogens (tertiary/aromatic N) is 2. The second-order valence-corrected chi connectivity index (χ2v) is 14.3. The second kappa shape index (κ2) is 9.07. The summed E-state index contributed by atoms with van der Waals surface area (Å²) < 4.78 is 2.36. The molecule has 34 heavy (non-hydrogen) atoms. The Hall–Kier alpha value is -3.43. The van der Waals surface area contributed by atoms with Crippen molar-refractivity contribution in [3.63, 3.8) is 0 Å². The van der Waals surface area contributed by atoms with Crippen molar-refractivity contribution >= 4 is 30.7 Å². The largest absolute Gasteiger partial charge is 0.370 e. The zero-order valence-corrected chi connectivity index (χ0v) is 21.6. The van der Waals surface area contributed by atoms with E-state index in [9.17, 15) is 0 Å². The van der Waals surface area contributed by atoms with Crippen LogP contribution in [0.25, 0.3) is 6.08 Å². The van der Waals surface area contributed by atoms with E-state index in [2.05, 4.69) is 140 Å². The van der Waals surface area contributed by atoms with Gasteiger partial charge in [0.1, 0.15) is 15.1 Å². The van der Waals surface area contributed by atoms with Crippen LogP contribution in [0.4, 0.5) is 5.69 Å². The van der Waals surface area contributed by atoms with E-state index in [1.54, 1.807) is 0 Å². The van der Waals surface area contributed by atoms with Gasteiger partial charge in [0.05, 0.1) is 0 Å². The third kappa shape index (κ3) is 4.36. The van der Waals surface area contributed by atoms with Gasteiger partial charge >= 0.3 is 0 Å². The summed E-state index contributed by atoms with van der Waals surface area (Å²) in [5, 5.41) is 3.06. The van der Waals surface area contributed by atoms with E-state index in [0.29, 0.717) is 0 Å². The van der Waals surface area contributed by atoms with Gasteiger partial charge in [0.25, 0.3) is 0 Å². The van der Waals surface area contributed by atoms with Crippen LogP contribution in [-0.2, 0) is 13.1 Å². The topological polar surface area (TPSA) is 6.25 Å². The summed E-state index contributed by atoms with van der Waals surface area (Å²) in [5.41, 5.74) is 8.01. The lowest BCUT2D eigenvalue weighted by Crippen LogP contribution is -2.48. The Kier molecular flexibility index (Phi) is 5.97. The molecule has 3 aromatic rings. The lowest BCUT2D eigenvalue weighted by molar-refractivity contribution is -0.512. The maximum absolute atomic E-state index is 2.50.